The molecule has 0 bridgehead atoms. The van der Waals surface area contributed by atoms with Gasteiger partial charge in [0.05, 0.1) is 18.2 Å². The summed E-state index contributed by atoms with van der Waals surface area (Å²) in [4.78, 5) is 27.3. The van der Waals surface area contributed by atoms with Crippen LogP contribution in [0.4, 0.5) is 5.82 Å². The molecule has 4 rings (SSSR count). The van der Waals surface area contributed by atoms with E-state index in [9.17, 15) is 14.7 Å². The Kier molecular flexibility index (Phi) is 5.33. The fourth-order valence-electron chi connectivity index (χ4n) is 3.63. The van der Waals surface area contributed by atoms with Crippen LogP contribution < -0.4 is 9.64 Å². The third kappa shape index (κ3) is 3.70. The molecule has 1 aliphatic heterocycles. The van der Waals surface area contributed by atoms with Crippen molar-refractivity contribution >= 4 is 23.3 Å². The van der Waals surface area contributed by atoms with E-state index in [2.05, 4.69) is 5.16 Å². The topological polar surface area (TPSA) is 92.9 Å². The van der Waals surface area contributed by atoms with E-state index in [1.54, 1.807) is 49.4 Å². The van der Waals surface area contributed by atoms with Gasteiger partial charge in [-0.25, -0.2) is 0 Å². The Morgan fingerprint density at radius 3 is 2.35 bits per heavy atom. The molecular formula is C24H22N2O5. The molecule has 31 heavy (non-hydrogen) atoms. The number of aromatic nitrogens is 1. The Hall–Kier alpha value is -3.87. The molecule has 2 heterocycles. The summed E-state index contributed by atoms with van der Waals surface area (Å²) in [5.41, 5.74) is 2.10. The van der Waals surface area contributed by atoms with E-state index >= 15 is 0 Å². The Labute approximate surface area is 179 Å². The van der Waals surface area contributed by atoms with Crippen molar-refractivity contribution in [1.82, 2.24) is 5.16 Å². The fourth-order valence-corrected chi connectivity index (χ4v) is 3.63. The first kappa shape index (κ1) is 20.4. The van der Waals surface area contributed by atoms with Crippen LogP contribution in [0.2, 0.25) is 0 Å². The number of hydrogen-bond donors (Lipinski definition) is 1. The largest absolute Gasteiger partial charge is 0.507 e. The molecule has 158 valence electrons. The number of anilines is 1. The van der Waals surface area contributed by atoms with Gasteiger partial charge >= 0.3 is 5.91 Å². The molecule has 1 amide bonds. The molecule has 1 atom stereocenters. The van der Waals surface area contributed by atoms with Crippen LogP contribution in [0.25, 0.3) is 5.76 Å². The number of carbonyl (C=O) groups excluding carboxylic acids is 2. The predicted octanol–water partition coefficient (Wildman–Crippen LogP) is 4.32. The first-order valence-electron chi connectivity index (χ1n) is 9.94. The predicted molar refractivity (Wildman–Crippen MR) is 115 cm³/mol. The Bertz CT molecular complexity index is 1160. The number of hydrogen-bond acceptors (Lipinski definition) is 6. The zero-order chi connectivity index (χ0) is 22.1. The third-order valence-electron chi connectivity index (χ3n) is 5.14. The van der Waals surface area contributed by atoms with Crippen LogP contribution in [0.3, 0.4) is 0 Å². The fraction of sp³-hybridized carbons (Fsp3) is 0.208. The number of ether oxygens (including phenoxy) is 1. The summed E-state index contributed by atoms with van der Waals surface area (Å²) in [7, 11) is 0. The van der Waals surface area contributed by atoms with Crippen LogP contribution in [-0.4, -0.2) is 28.6 Å². The number of aliphatic hydroxyl groups excluding tert-OH is 1. The smallest absolute Gasteiger partial charge is 0.301 e. The van der Waals surface area contributed by atoms with E-state index in [1.807, 2.05) is 26.0 Å². The van der Waals surface area contributed by atoms with Gasteiger partial charge in [0, 0.05) is 11.6 Å². The van der Waals surface area contributed by atoms with Crippen molar-refractivity contribution in [2.24, 2.45) is 0 Å². The molecule has 3 aromatic rings. The number of Topliss-reactive ketones (excluding diaryl/α,β-unsaturated/α-hetero) is 1. The molecule has 0 aliphatic carbocycles. The van der Waals surface area contributed by atoms with E-state index in [4.69, 9.17) is 9.26 Å². The summed E-state index contributed by atoms with van der Waals surface area (Å²) in [5.74, 6) is -0.417. The van der Waals surface area contributed by atoms with Gasteiger partial charge in [0.25, 0.3) is 5.78 Å². The average Bonchev–Trinajstić information content (AvgIpc) is 3.30. The maximum Gasteiger partial charge on any atom is 0.301 e. The zero-order valence-corrected chi connectivity index (χ0v) is 17.5. The van der Waals surface area contributed by atoms with Crippen LogP contribution in [-0.2, 0) is 9.59 Å². The molecule has 1 N–H and O–H groups in total. The summed E-state index contributed by atoms with van der Waals surface area (Å²) >= 11 is 0. The molecule has 1 aromatic heterocycles. The van der Waals surface area contributed by atoms with Gasteiger partial charge in [-0.3, -0.25) is 14.5 Å². The number of aryl methyl sites for hydroxylation is 2. The summed E-state index contributed by atoms with van der Waals surface area (Å²) in [6.45, 7) is 6.03. The minimum absolute atomic E-state index is 0.00124. The SMILES string of the molecule is CCOc1ccc([C@H]2/C(=C(\O)c3ccc(C)cc3)C(=O)C(=O)N2c2cc(C)on2)cc1. The van der Waals surface area contributed by atoms with Crippen LogP contribution in [0, 0.1) is 13.8 Å². The average molecular weight is 418 g/mol. The lowest BCUT2D eigenvalue weighted by atomic mass is 9.95. The zero-order valence-electron chi connectivity index (χ0n) is 17.5. The molecule has 0 spiro atoms. The number of nitrogens with zero attached hydrogens (tertiary/aromatic N) is 2. The van der Waals surface area contributed by atoms with Crippen LogP contribution in [0.5, 0.6) is 5.75 Å². The highest BCUT2D eigenvalue weighted by molar-refractivity contribution is 6.51. The highest BCUT2D eigenvalue weighted by Crippen LogP contribution is 2.42. The van der Waals surface area contributed by atoms with Gasteiger partial charge in [-0.15, -0.1) is 0 Å². The Morgan fingerprint density at radius 2 is 1.77 bits per heavy atom. The highest BCUT2D eigenvalue weighted by atomic mass is 16.5. The lowest BCUT2D eigenvalue weighted by molar-refractivity contribution is -0.132. The van der Waals surface area contributed by atoms with E-state index in [0.717, 1.165) is 5.56 Å². The Balaban J connectivity index is 1.89. The molecular weight excluding hydrogens is 396 g/mol. The van der Waals surface area contributed by atoms with Gasteiger partial charge in [-0.05, 0) is 38.5 Å². The van der Waals surface area contributed by atoms with E-state index in [-0.39, 0.29) is 17.2 Å². The maximum atomic E-state index is 13.0. The van der Waals surface area contributed by atoms with Crippen LogP contribution in [0.15, 0.2) is 64.7 Å². The van der Waals surface area contributed by atoms with Gasteiger partial charge in [-0.2, -0.15) is 0 Å². The van der Waals surface area contributed by atoms with Gasteiger partial charge in [-0.1, -0.05) is 47.1 Å². The standard InChI is InChI=1S/C24H22N2O5/c1-4-30-18-11-9-16(10-12-18)21-20(22(27)17-7-5-14(2)6-8-17)23(28)24(29)26(21)19-13-15(3)31-25-19/h5-13,21,27H,4H2,1-3H3/b22-20+/t21-/m0/s1. The number of ketones is 1. The third-order valence-corrected chi connectivity index (χ3v) is 5.14. The molecule has 2 aromatic carbocycles. The van der Waals surface area contributed by atoms with Crippen molar-refractivity contribution < 1.29 is 24.0 Å². The number of amides is 1. The number of benzene rings is 2. The molecule has 7 nitrogen and oxygen atoms in total. The van der Waals surface area contributed by atoms with Crippen molar-refractivity contribution in [2.75, 3.05) is 11.5 Å². The molecule has 1 aliphatic rings. The van der Waals surface area contributed by atoms with Gasteiger partial charge in [0.1, 0.15) is 17.3 Å². The maximum absolute atomic E-state index is 13.0. The summed E-state index contributed by atoms with van der Waals surface area (Å²) in [6, 6.07) is 14.9. The normalized spacial score (nSPS) is 17.9. The monoisotopic (exact) mass is 418 g/mol. The lowest BCUT2D eigenvalue weighted by Crippen LogP contribution is -2.29. The van der Waals surface area contributed by atoms with Crippen LogP contribution >= 0.6 is 0 Å². The quantitative estimate of drug-likeness (QED) is 0.377. The summed E-state index contributed by atoms with van der Waals surface area (Å²) < 4.78 is 10.6. The van der Waals surface area contributed by atoms with Gasteiger partial charge in [0.2, 0.25) is 0 Å². The van der Waals surface area contributed by atoms with Crippen molar-refractivity contribution in [2.45, 2.75) is 26.8 Å². The van der Waals surface area contributed by atoms with Crippen molar-refractivity contribution in [3.63, 3.8) is 0 Å². The summed E-state index contributed by atoms with van der Waals surface area (Å²) in [6.07, 6.45) is 0. The molecule has 1 fully saturated rings. The first-order chi connectivity index (χ1) is 14.9. The first-order valence-corrected chi connectivity index (χ1v) is 9.94. The molecule has 0 radical (unpaired) electrons. The van der Waals surface area contributed by atoms with Gasteiger partial charge < -0.3 is 14.4 Å². The second kappa shape index (κ2) is 8.10. The Morgan fingerprint density at radius 1 is 1.10 bits per heavy atom. The molecule has 0 saturated carbocycles. The lowest BCUT2D eigenvalue weighted by Gasteiger charge is -2.23. The molecule has 1 saturated heterocycles. The highest BCUT2D eigenvalue weighted by Gasteiger charge is 2.48. The molecule has 0 unspecified atom stereocenters. The minimum Gasteiger partial charge on any atom is -0.507 e. The number of carbonyl (C=O) groups is 2. The van der Waals surface area contributed by atoms with Crippen molar-refractivity contribution in [1.29, 1.82) is 0 Å². The van der Waals surface area contributed by atoms with E-state index < -0.39 is 17.7 Å². The van der Waals surface area contributed by atoms with Crippen LogP contribution in [0.1, 0.15) is 35.4 Å². The second-order valence-electron chi connectivity index (χ2n) is 7.33. The number of aliphatic hydroxyl groups is 1. The van der Waals surface area contributed by atoms with E-state index in [0.29, 0.717) is 29.2 Å². The van der Waals surface area contributed by atoms with Crippen molar-refractivity contribution in [3.05, 3.63) is 82.6 Å². The molecule has 7 heteroatoms. The van der Waals surface area contributed by atoms with E-state index in [1.165, 1.54) is 4.90 Å². The van der Waals surface area contributed by atoms with Crippen molar-refractivity contribution in [3.8, 4) is 5.75 Å². The summed E-state index contributed by atoms with van der Waals surface area (Å²) in [5, 5.41) is 15.0. The number of rotatable bonds is 5. The second-order valence-corrected chi connectivity index (χ2v) is 7.33. The van der Waals surface area contributed by atoms with Gasteiger partial charge in [0.15, 0.2) is 5.82 Å². The minimum atomic E-state index is -0.860.